The van der Waals surface area contributed by atoms with Gasteiger partial charge in [-0.1, -0.05) is 12.5 Å². The fourth-order valence-corrected chi connectivity index (χ4v) is 4.68. The maximum atomic E-state index is 5.95. The molecule has 2 aliphatic carbocycles. The first-order valence-corrected chi connectivity index (χ1v) is 9.66. The van der Waals surface area contributed by atoms with Gasteiger partial charge in [0, 0.05) is 43.6 Å². The minimum Gasteiger partial charge on any atom is -0.378 e. The molecular formula is C18H30IN3OS. The molecule has 2 unspecified atom stereocenters. The molecule has 136 valence electrons. The van der Waals surface area contributed by atoms with Crippen molar-refractivity contribution in [3.05, 3.63) is 22.4 Å². The zero-order valence-corrected chi connectivity index (χ0v) is 18.1. The minimum absolute atomic E-state index is 0. The molecule has 24 heavy (non-hydrogen) atoms. The molecule has 2 saturated carbocycles. The van der Waals surface area contributed by atoms with Gasteiger partial charge in [-0.05, 0) is 44.1 Å². The van der Waals surface area contributed by atoms with E-state index in [1.807, 2.05) is 18.4 Å². The van der Waals surface area contributed by atoms with Gasteiger partial charge in [-0.25, -0.2) is 0 Å². The fraction of sp³-hybridized carbons (Fsp3) is 0.722. The molecule has 2 atom stereocenters. The Morgan fingerprint density at radius 3 is 2.83 bits per heavy atom. The third-order valence-corrected chi connectivity index (χ3v) is 6.52. The molecule has 2 fully saturated rings. The van der Waals surface area contributed by atoms with E-state index in [1.165, 1.54) is 24.1 Å². The number of guanidine groups is 1. The summed E-state index contributed by atoms with van der Waals surface area (Å²) in [6.45, 7) is 3.92. The summed E-state index contributed by atoms with van der Waals surface area (Å²) in [5.74, 6) is 1.02. The highest BCUT2D eigenvalue weighted by molar-refractivity contribution is 14.0. The van der Waals surface area contributed by atoms with Crippen molar-refractivity contribution in [1.29, 1.82) is 0 Å². The van der Waals surface area contributed by atoms with Crippen LogP contribution in [0.1, 0.15) is 37.5 Å². The number of halogens is 1. The molecule has 1 heterocycles. The lowest BCUT2D eigenvalue weighted by Crippen LogP contribution is -2.68. The summed E-state index contributed by atoms with van der Waals surface area (Å²) < 4.78 is 5.95. The zero-order chi connectivity index (χ0) is 16.3. The smallest absolute Gasteiger partial charge is 0.193 e. The van der Waals surface area contributed by atoms with Crippen LogP contribution >= 0.6 is 35.3 Å². The lowest BCUT2D eigenvalue weighted by Gasteiger charge is -2.61. The molecule has 0 bridgehead atoms. The second kappa shape index (κ2) is 8.85. The highest BCUT2D eigenvalue weighted by Crippen LogP contribution is 2.57. The van der Waals surface area contributed by atoms with Crippen LogP contribution in [0.4, 0.5) is 0 Å². The molecule has 0 radical (unpaired) electrons. The Morgan fingerprint density at radius 2 is 2.29 bits per heavy atom. The lowest BCUT2D eigenvalue weighted by molar-refractivity contribution is -0.168. The van der Waals surface area contributed by atoms with Crippen molar-refractivity contribution in [2.24, 2.45) is 10.4 Å². The molecule has 4 nitrogen and oxygen atoms in total. The van der Waals surface area contributed by atoms with Crippen molar-refractivity contribution in [3.8, 4) is 0 Å². The number of hydrogen-bond acceptors (Lipinski definition) is 3. The summed E-state index contributed by atoms with van der Waals surface area (Å²) >= 11 is 1.83. The molecule has 0 aromatic carbocycles. The predicted molar refractivity (Wildman–Crippen MR) is 113 cm³/mol. The van der Waals surface area contributed by atoms with Gasteiger partial charge in [-0.3, -0.25) is 4.99 Å². The first-order valence-electron chi connectivity index (χ1n) is 8.78. The predicted octanol–water partition coefficient (Wildman–Crippen LogP) is 3.76. The third kappa shape index (κ3) is 3.90. The maximum Gasteiger partial charge on any atom is 0.193 e. The van der Waals surface area contributed by atoms with E-state index < -0.39 is 0 Å². The Balaban J connectivity index is 0.00000208. The van der Waals surface area contributed by atoms with E-state index in [0.717, 1.165) is 32.0 Å². The Bertz CT molecular complexity index is 530. The van der Waals surface area contributed by atoms with Crippen LogP contribution < -0.4 is 5.32 Å². The Kier molecular flexibility index (Phi) is 7.37. The van der Waals surface area contributed by atoms with Gasteiger partial charge in [0.2, 0.25) is 0 Å². The van der Waals surface area contributed by atoms with Crippen molar-refractivity contribution in [2.75, 3.05) is 27.2 Å². The van der Waals surface area contributed by atoms with E-state index >= 15 is 0 Å². The molecule has 1 N–H and O–H groups in total. The number of nitrogens with one attached hydrogen (secondary N) is 1. The molecule has 3 rings (SSSR count). The van der Waals surface area contributed by atoms with Crippen LogP contribution in [-0.4, -0.2) is 50.3 Å². The number of rotatable bonds is 6. The average molecular weight is 463 g/mol. The number of nitrogens with zero attached hydrogens (tertiary/aromatic N) is 2. The molecule has 1 aromatic rings. The summed E-state index contributed by atoms with van der Waals surface area (Å²) in [6.07, 6.45) is 6.58. The minimum atomic E-state index is 0. The third-order valence-electron chi connectivity index (χ3n) is 5.59. The van der Waals surface area contributed by atoms with Gasteiger partial charge in [-0.15, -0.1) is 35.3 Å². The van der Waals surface area contributed by atoms with Crippen molar-refractivity contribution in [1.82, 2.24) is 10.2 Å². The Labute approximate surface area is 167 Å². The van der Waals surface area contributed by atoms with E-state index in [0.29, 0.717) is 17.6 Å². The van der Waals surface area contributed by atoms with E-state index in [1.54, 1.807) is 0 Å². The second-order valence-corrected chi connectivity index (χ2v) is 7.79. The second-order valence-electron chi connectivity index (χ2n) is 6.76. The van der Waals surface area contributed by atoms with Crippen molar-refractivity contribution in [3.63, 3.8) is 0 Å². The molecular weight excluding hydrogens is 433 g/mol. The summed E-state index contributed by atoms with van der Waals surface area (Å²) in [6, 6.07) is 4.85. The zero-order valence-electron chi connectivity index (χ0n) is 15.0. The van der Waals surface area contributed by atoms with Gasteiger partial charge >= 0.3 is 0 Å². The molecule has 6 heteroatoms. The van der Waals surface area contributed by atoms with Gasteiger partial charge in [0.15, 0.2) is 5.96 Å². The number of likely N-dealkylation sites (N-methyl/N-ethyl adjacent to an activating group) is 1. The monoisotopic (exact) mass is 463 g/mol. The lowest BCUT2D eigenvalue weighted by atomic mass is 9.51. The Morgan fingerprint density at radius 1 is 1.50 bits per heavy atom. The first-order chi connectivity index (χ1) is 11.2. The van der Waals surface area contributed by atoms with Crippen LogP contribution in [0.15, 0.2) is 22.5 Å². The summed E-state index contributed by atoms with van der Waals surface area (Å²) in [4.78, 5) is 8.18. The van der Waals surface area contributed by atoms with Gasteiger partial charge < -0.3 is 15.0 Å². The van der Waals surface area contributed by atoms with Crippen LogP contribution in [0.25, 0.3) is 0 Å². The van der Waals surface area contributed by atoms with Gasteiger partial charge in [-0.2, -0.15) is 0 Å². The Hall–Kier alpha value is -0.340. The topological polar surface area (TPSA) is 36.9 Å². The van der Waals surface area contributed by atoms with Gasteiger partial charge in [0.25, 0.3) is 0 Å². The first kappa shape index (κ1) is 20.0. The normalized spacial score (nSPS) is 24.7. The van der Waals surface area contributed by atoms with E-state index in [2.05, 4.69) is 46.7 Å². The summed E-state index contributed by atoms with van der Waals surface area (Å²) in [7, 11) is 4.02. The highest BCUT2D eigenvalue weighted by Gasteiger charge is 2.59. The molecule has 0 aliphatic heterocycles. The fourth-order valence-electron chi connectivity index (χ4n) is 3.98. The van der Waals surface area contributed by atoms with Crippen LogP contribution in [0.2, 0.25) is 0 Å². The van der Waals surface area contributed by atoms with Crippen LogP contribution in [0.5, 0.6) is 0 Å². The van der Waals surface area contributed by atoms with Crippen LogP contribution in [0, 0.1) is 5.41 Å². The number of thiophene rings is 1. The van der Waals surface area contributed by atoms with Gasteiger partial charge in [0.1, 0.15) is 0 Å². The van der Waals surface area contributed by atoms with Crippen LogP contribution in [-0.2, 0) is 11.2 Å². The van der Waals surface area contributed by atoms with Crippen molar-refractivity contribution < 1.29 is 4.74 Å². The molecule has 2 aliphatic rings. The number of ether oxygens (including phenoxy) is 1. The highest BCUT2D eigenvalue weighted by atomic mass is 127. The summed E-state index contributed by atoms with van der Waals surface area (Å²) in [5.41, 5.74) is 0.376. The number of aliphatic imine (C=N–C) groups is 1. The largest absolute Gasteiger partial charge is 0.378 e. The molecule has 0 amide bonds. The van der Waals surface area contributed by atoms with E-state index in [9.17, 15) is 0 Å². The standard InChI is InChI=1S/C18H29N3OS.HI/c1-4-22-16-13-15(18(16)9-6-10-18)20-17(19-2)21(3)11-8-14-7-5-12-23-14;/h5,7,12,15-16H,4,6,8-11,13H2,1-3H3,(H,19,20);1H. The molecule has 1 aromatic heterocycles. The van der Waals surface area contributed by atoms with E-state index in [-0.39, 0.29) is 24.0 Å². The number of hydrogen-bond donors (Lipinski definition) is 1. The maximum absolute atomic E-state index is 5.95. The van der Waals surface area contributed by atoms with Crippen molar-refractivity contribution >= 4 is 41.3 Å². The summed E-state index contributed by atoms with van der Waals surface area (Å²) in [5, 5.41) is 5.86. The quantitative estimate of drug-likeness (QED) is 0.397. The van der Waals surface area contributed by atoms with Crippen molar-refractivity contribution in [2.45, 2.75) is 51.2 Å². The molecule has 1 spiro atoms. The average Bonchev–Trinajstić information content (AvgIpc) is 2.99. The van der Waals surface area contributed by atoms with Crippen LogP contribution in [0.3, 0.4) is 0 Å². The SMILES string of the molecule is CCOC1CC(NC(=NC)N(C)CCc2cccs2)C12CCC2.I. The molecule has 0 saturated heterocycles. The van der Waals surface area contributed by atoms with Gasteiger partial charge in [0.05, 0.1) is 6.10 Å². The van der Waals surface area contributed by atoms with E-state index in [4.69, 9.17) is 4.74 Å².